The van der Waals surface area contributed by atoms with Crippen molar-refractivity contribution in [1.29, 1.82) is 0 Å². The van der Waals surface area contributed by atoms with E-state index in [1.165, 1.54) is 37.1 Å². The van der Waals surface area contributed by atoms with Gasteiger partial charge in [0.05, 0.1) is 6.10 Å². The van der Waals surface area contributed by atoms with Gasteiger partial charge in [-0.15, -0.1) is 0 Å². The summed E-state index contributed by atoms with van der Waals surface area (Å²) in [5, 5.41) is 11.1. The first-order chi connectivity index (χ1) is 16.9. The van der Waals surface area contributed by atoms with Crippen molar-refractivity contribution in [3.8, 4) is 11.1 Å². The molecule has 1 heterocycles. The van der Waals surface area contributed by atoms with Crippen LogP contribution in [-0.4, -0.2) is 17.0 Å². The Balaban J connectivity index is 0.000000917. The molecule has 0 amide bonds. The molecule has 2 unspecified atom stereocenters. The minimum absolute atomic E-state index is 0.253. The van der Waals surface area contributed by atoms with Crippen LogP contribution in [0.3, 0.4) is 0 Å². The topological polar surface area (TPSA) is 33.1 Å². The summed E-state index contributed by atoms with van der Waals surface area (Å²) in [6.07, 6.45) is 6.19. The van der Waals surface area contributed by atoms with Crippen LogP contribution < -0.4 is 0 Å². The molecule has 0 bridgehead atoms. The highest BCUT2D eigenvalue weighted by Crippen LogP contribution is 2.45. The Kier molecular flexibility index (Phi) is 8.22. The number of aromatic nitrogens is 1. The van der Waals surface area contributed by atoms with E-state index in [-0.39, 0.29) is 11.6 Å². The lowest BCUT2D eigenvalue weighted by molar-refractivity contribution is 0.135. The summed E-state index contributed by atoms with van der Waals surface area (Å²) in [5.41, 5.74) is 7.02. The van der Waals surface area contributed by atoms with Crippen molar-refractivity contribution in [2.45, 2.75) is 63.9 Å². The van der Waals surface area contributed by atoms with E-state index in [0.29, 0.717) is 24.7 Å². The minimum Gasteiger partial charge on any atom is -0.388 e. The van der Waals surface area contributed by atoms with Crippen molar-refractivity contribution >= 4 is 0 Å². The Bertz CT molecular complexity index is 1120. The van der Waals surface area contributed by atoms with Crippen LogP contribution in [0, 0.1) is 17.6 Å². The maximum Gasteiger partial charge on any atom is 0.229 e. The third kappa shape index (κ3) is 5.75. The third-order valence-corrected chi connectivity index (χ3v) is 7.12. The van der Waals surface area contributed by atoms with Gasteiger partial charge in [-0.25, -0.2) is 17.6 Å². The third-order valence-electron chi connectivity index (χ3n) is 7.12. The smallest absolute Gasteiger partial charge is 0.229 e. The van der Waals surface area contributed by atoms with Crippen LogP contribution in [0.1, 0.15) is 79.1 Å². The van der Waals surface area contributed by atoms with Gasteiger partial charge in [-0.05, 0) is 84.5 Å². The summed E-state index contributed by atoms with van der Waals surface area (Å²) < 4.78 is 46.6. The van der Waals surface area contributed by atoms with Crippen LogP contribution in [0.25, 0.3) is 11.1 Å². The van der Waals surface area contributed by atoms with Gasteiger partial charge in [0.15, 0.2) is 0 Å². The van der Waals surface area contributed by atoms with E-state index in [0.717, 1.165) is 58.5 Å². The first-order valence-corrected chi connectivity index (χ1v) is 12.3. The van der Waals surface area contributed by atoms with Crippen LogP contribution in [-0.2, 0) is 12.8 Å². The summed E-state index contributed by atoms with van der Waals surface area (Å²) in [6.45, 7) is 0.410. The molecule has 1 saturated carbocycles. The van der Waals surface area contributed by atoms with Crippen LogP contribution in [0.4, 0.5) is 17.6 Å². The van der Waals surface area contributed by atoms with Gasteiger partial charge >= 0.3 is 0 Å². The molecule has 1 N–H and O–H groups in total. The molecule has 0 radical (unpaired) electrons. The number of benzene rings is 2. The zero-order chi connectivity index (χ0) is 24.9. The summed E-state index contributed by atoms with van der Waals surface area (Å²) in [7, 11) is 0. The number of fused-ring (bicyclic) bond motifs is 1. The first-order valence-electron chi connectivity index (χ1n) is 12.3. The summed E-state index contributed by atoms with van der Waals surface area (Å²) in [5.74, 6) is 0.230. The molecule has 5 rings (SSSR count). The zero-order valence-corrected chi connectivity index (χ0v) is 19.9. The number of hydrogen-bond acceptors (Lipinski definition) is 2. The first kappa shape index (κ1) is 25.4. The summed E-state index contributed by atoms with van der Waals surface area (Å²) >= 11 is 0. The lowest BCUT2D eigenvalue weighted by Gasteiger charge is -2.32. The number of halogens is 4. The molecule has 1 aromatic heterocycles. The SMILES string of the molecule is CC1Cc2nc(C3CCCC3)c(Cc3ccc(F)cc3)c(-c3ccc(F)cc3)c2C(O)C1.FCF. The second-order valence-electron chi connectivity index (χ2n) is 9.66. The molecule has 2 aromatic carbocycles. The fourth-order valence-electron chi connectivity index (χ4n) is 5.60. The average Bonchev–Trinajstić information content (AvgIpc) is 3.36. The highest BCUT2D eigenvalue weighted by atomic mass is 19.3. The van der Waals surface area contributed by atoms with Crippen LogP contribution in [0.5, 0.6) is 0 Å². The van der Waals surface area contributed by atoms with Gasteiger partial charge in [0.1, 0.15) is 11.6 Å². The Hall–Kier alpha value is -2.73. The van der Waals surface area contributed by atoms with Gasteiger partial charge in [0.2, 0.25) is 6.93 Å². The van der Waals surface area contributed by atoms with E-state index < -0.39 is 13.0 Å². The predicted octanol–water partition coefficient (Wildman–Crippen LogP) is 7.77. The van der Waals surface area contributed by atoms with Gasteiger partial charge in [-0.3, -0.25) is 4.98 Å². The van der Waals surface area contributed by atoms with E-state index in [2.05, 4.69) is 6.92 Å². The van der Waals surface area contributed by atoms with Gasteiger partial charge in [-0.1, -0.05) is 44.0 Å². The van der Waals surface area contributed by atoms with E-state index in [9.17, 15) is 22.7 Å². The number of hydrogen-bond donors (Lipinski definition) is 1. The molecule has 186 valence electrons. The molecule has 35 heavy (non-hydrogen) atoms. The van der Waals surface area contributed by atoms with Crippen molar-refractivity contribution in [3.63, 3.8) is 0 Å². The van der Waals surface area contributed by atoms with Crippen molar-refractivity contribution in [2.24, 2.45) is 5.92 Å². The Morgan fingerprint density at radius 1 is 0.914 bits per heavy atom. The van der Waals surface area contributed by atoms with Crippen LogP contribution >= 0.6 is 0 Å². The largest absolute Gasteiger partial charge is 0.388 e. The molecule has 0 aliphatic heterocycles. The van der Waals surface area contributed by atoms with Gasteiger partial charge in [-0.2, -0.15) is 0 Å². The van der Waals surface area contributed by atoms with Crippen molar-refractivity contribution in [3.05, 3.63) is 88.2 Å². The van der Waals surface area contributed by atoms with E-state index in [4.69, 9.17) is 4.98 Å². The fraction of sp³-hybridized carbons (Fsp3) is 0.414. The van der Waals surface area contributed by atoms with Crippen LogP contribution in [0.2, 0.25) is 0 Å². The molecule has 6 heteroatoms. The predicted molar refractivity (Wildman–Crippen MR) is 130 cm³/mol. The number of aliphatic hydroxyl groups excluding tert-OH is 1. The van der Waals surface area contributed by atoms with Gasteiger partial charge < -0.3 is 5.11 Å². The maximum atomic E-state index is 13.8. The standard InChI is InChI=1S/C28H29F2NO.CH2F2/c1-17-14-24-27(25(32)15-17)26(19-8-12-22(30)13-9-19)23(16-18-6-10-21(29)11-7-18)28(31-24)20-4-2-3-5-20;2-1-3/h6-13,17,20,25,32H,2-5,14-16H2,1H3;1H2. The van der Waals surface area contributed by atoms with Gasteiger partial charge in [0, 0.05) is 22.9 Å². The fourth-order valence-corrected chi connectivity index (χ4v) is 5.60. The highest BCUT2D eigenvalue weighted by molar-refractivity contribution is 5.74. The number of nitrogens with zero attached hydrogens (tertiary/aromatic N) is 1. The number of rotatable bonds is 4. The quantitative estimate of drug-likeness (QED) is 0.383. The highest BCUT2D eigenvalue weighted by Gasteiger charge is 2.33. The number of aliphatic hydroxyl groups is 1. The molecule has 2 aliphatic carbocycles. The van der Waals surface area contributed by atoms with Crippen molar-refractivity contribution in [2.75, 3.05) is 6.93 Å². The van der Waals surface area contributed by atoms with Gasteiger partial charge in [0.25, 0.3) is 0 Å². The van der Waals surface area contributed by atoms with Crippen molar-refractivity contribution in [1.82, 2.24) is 4.98 Å². The lowest BCUT2D eigenvalue weighted by atomic mass is 9.78. The molecule has 3 aromatic rings. The monoisotopic (exact) mass is 485 g/mol. The average molecular weight is 486 g/mol. The Morgan fingerprint density at radius 3 is 2.09 bits per heavy atom. The number of pyridine rings is 1. The lowest BCUT2D eigenvalue weighted by Crippen LogP contribution is -2.22. The molecule has 2 nitrogen and oxygen atoms in total. The Morgan fingerprint density at radius 2 is 1.49 bits per heavy atom. The Labute approximate surface area is 204 Å². The minimum atomic E-state index is -1.75. The molecule has 0 spiro atoms. The van der Waals surface area contributed by atoms with E-state index in [1.807, 2.05) is 24.3 Å². The number of alkyl halides is 2. The second-order valence-corrected chi connectivity index (χ2v) is 9.66. The van der Waals surface area contributed by atoms with Crippen molar-refractivity contribution < 1.29 is 22.7 Å². The molecule has 0 saturated heterocycles. The molecule has 2 aliphatic rings. The van der Waals surface area contributed by atoms with E-state index in [1.54, 1.807) is 0 Å². The summed E-state index contributed by atoms with van der Waals surface area (Å²) in [6, 6.07) is 13.2. The molecule has 1 fully saturated rings. The zero-order valence-electron chi connectivity index (χ0n) is 19.9. The molecular formula is C29H31F4NO. The summed E-state index contributed by atoms with van der Waals surface area (Å²) in [4.78, 5) is 5.21. The normalized spacial score (nSPS) is 19.7. The maximum absolute atomic E-state index is 13.8. The molecule has 2 atom stereocenters. The second kappa shape index (κ2) is 11.3. The van der Waals surface area contributed by atoms with Crippen LogP contribution in [0.15, 0.2) is 48.5 Å². The molecular weight excluding hydrogens is 454 g/mol. The van der Waals surface area contributed by atoms with E-state index >= 15 is 0 Å².